The summed E-state index contributed by atoms with van der Waals surface area (Å²) < 4.78 is 4.31. The molecule has 0 N–H and O–H groups in total. The fraction of sp³-hybridized carbons (Fsp3) is 0.167. The highest BCUT2D eigenvalue weighted by Gasteiger charge is 2.15. The van der Waals surface area contributed by atoms with E-state index in [9.17, 15) is 5.26 Å². The zero-order valence-corrected chi connectivity index (χ0v) is 9.95. The van der Waals surface area contributed by atoms with E-state index in [4.69, 9.17) is 0 Å². The van der Waals surface area contributed by atoms with Gasteiger partial charge in [-0.05, 0) is 17.1 Å². The predicted octanol–water partition coefficient (Wildman–Crippen LogP) is 2.75. The molecule has 0 aliphatic carbocycles. The monoisotopic (exact) mass is 229 g/mol. The minimum Gasteiger partial charge on any atom is -0.361 e. The van der Waals surface area contributed by atoms with Crippen LogP contribution >= 0.6 is 11.5 Å². The maximum absolute atomic E-state index is 9.19. The standard InChI is InChI=1S/C12H11N3S/c1-15(2)12-10(8-13)11(16-14-12)9-6-4-3-5-7-9/h3-7H,1-2H3. The third-order valence-electron chi connectivity index (χ3n) is 2.25. The van der Waals surface area contributed by atoms with E-state index in [0.717, 1.165) is 16.3 Å². The fourth-order valence-corrected chi connectivity index (χ4v) is 2.38. The topological polar surface area (TPSA) is 39.9 Å². The van der Waals surface area contributed by atoms with E-state index in [1.54, 1.807) is 0 Å². The molecule has 0 atom stereocenters. The summed E-state index contributed by atoms with van der Waals surface area (Å²) in [6.45, 7) is 0. The molecule has 0 saturated carbocycles. The highest BCUT2D eigenvalue weighted by atomic mass is 32.1. The van der Waals surface area contributed by atoms with Crippen LogP contribution in [0.5, 0.6) is 0 Å². The Morgan fingerprint density at radius 3 is 2.50 bits per heavy atom. The number of aromatic nitrogens is 1. The average molecular weight is 229 g/mol. The Balaban J connectivity index is 2.56. The molecule has 0 amide bonds. The lowest BCUT2D eigenvalue weighted by Gasteiger charge is -2.07. The summed E-state index contributed by atoms with van der Waals surface area (Å²) in [5, 5.41) is 9.19. The van der Waals surface area contributed by atoms with Gasteiger partial charge in [0.25, 0.3) is 0 Å². The first-order chi connectivity index (χ1) is 7.74. The van der Waals surface area contributed by atoms with Gasteiger partial charge in [-0.3, -0.25) is 0 Å². The highest BCUT2D eigenvalue weighted by Crippen LogP contribution is 2.33. The lowest BCUT2D eigenvalue weighted by atomic mass is 10.1. The molecule has 16 heavy (non-hydrogen) atoms. The summed E-state index contributed by atoms with van der Waals surface area (Å²) in [6.07, 6.45) is 0. The van der Waals surface area contributed by atoms with E-state index in [1.807, 2.05) is 49.3 Å². The van der Waals surface area contributed by atoms with Gasteiger partial charge in [0.15, 0.2) is 5.82 Å². The number of anilines is 1. The first-order valence-corrected chi connectivity index (χ1v) is 5.64. The SMILES string of the molecule is CN(C)c1nsc(-c2ccccc2)c1C#N. The van der Waals surface area contributed by atoms with E-state index >= 15 is 0 Å². The molecule has 0 radical (unpaired) electrons. The highest BCUT2D eigenvalue weighted by molar-refractivity contribution is 7.10. The molecule has 1 heterocycles. The second-order valence-corrected chi connectivity index (χ2v) is 4.36. The van der Waals surface area contributed by atoms with Crippen molar-refractivity contribution in [2.24, 2.45) is 0 Å². The second-order valence-electron chi connectivity index (χ2n) is 3.58. The minimum absolute atomic E-state index is 0.654. The van der Waals surface area contributed by atoms with Crippen LogP contribution in [0.2, 0.25) is 0 Å². The summed E-state index contributed by atoms with van der Waals surface area (Å²) >= 11 is 1.37. The number of hydrogen-bond donors (Lipinski definition) is 0. The van der Waals surface area contributed by atoms with Gasteiger partial charge in [-0.15, -0.1) is 0 Å². The van der Waals surface area contributed by atoms with Crippen molar-refractivity contribution in [3.8, 4) is 16.5 Å². The minimum atomic E-state index is 0.654. The smallest absolute Gasteiger partial charge is 0.160 e. The Bertz CT molecular complexity index is 523. The van der Waals surface area contributed by atoms with Crippen molar-refractivity contribution in [3.05, 3.63) is 35.9 Å². The summed E-state index contributed by atoms with van der Waals surface area (Å²) in [4.78, 5) is 2.80. The van der Waals surface area contributed by atoms with Gasteiger partial charge in [0.2, 0.25) is 0 Å². The maximum atomic E-state index is 9.19. The summed E-state index contributed by atoms with van der Waals surface area (Å²) in [6, 6.07) is 12.1. The molecule has 80 valence electrons. The van der Waals surface area contributed by atoms with Crippen molar-refractivity contribution in [1.29, 1.82) is 5.26 Å². The molecule has 1 aromatic heterocycles. The first kappa shape index (κ1) is 10.7. The van der Waals surface area contributed by atoms with Gasteiger partial charge in [-0.1, -0.05) is 30.3 Å². The zero-order valence-electron chi connectivity index (χ0n) is 9.14. The largest absolute Gasteiger partial charge is 0.361 e. The van der Waals surface area contributed by atoms with Crippen LogP contribution in [0.3, 0.4) is 0 Å². The number of nitrogens with zero attached hydrogens (tertiary/aromatic N) is 3. The molecule has 0 saturated heterocycles. The summed E-state index contributed by atoms with van der Waals surface area (Å²) in [5.74, 6) is 0.742. The molecule has 3 nitrogen and oxygen atoms in total. The third-order valence-corrected chi connectivity index (χ3v) is 3.13. The Kier molecular flexibility index (Phi) is 2.88. The van der Waals surface area contributed by atoms with Crippen LogP contribution in [-0.4, -0.2) is 18.5 Å². The van der Waals surface area contributed by atoms with Crippen LogP contribution < -0.4 is 4.90 Å². The molecule has 0 aliphatic rings. The zero-order chi connectivity index (χ0) is 11.5. The summed E-state index contributed by atoms with van der Waals surface area (Å²) in [7, 11) is 3.79. The molecule has 0 fully saturated rings. The van der Waals surface area contributed by atoms with Crippen LogP contribution in [0.1, 0.15) is 5.56 Å². The van der Waals surface area contributed by atoms with E-state index in [1.165, 1.54) is 11.5 Å². The van der Waals surface area contributed by atoms with Gasteiger partial charge in [-0.2, -0.15) is 9.64 Å². The van der Waals surface area contributed by atoms with E-state index in [2.05, 4.69) is 10.4 Å². The van der Waals surface area contributed by atoms with Crippen LogP contribution in [-0.2, 0) is 0 Å². The molecular weight excluding hydrogens is 218 g/mol. The van der Waals surface area contributed by atoms with Crippen LogP contribution in [0.4, 0.5) is 5.82 Å². The number of hydrogen-bond acceptors (Lipinski definition) is 4. The predicted molar refractivity (Wildman–Crippen MR) is 66.6 cm³/mol. The van der Waals surface area contributed by atoms with Crippen LogP contribution in [0.15, 0.2) is 30.3 Å². The second kappa shape index (κ2) is 4.33. The van der Waals surface area contributed by atoms with Gasteiger partial charge >= 0.3 is 0 Å². The Labute approximate surface area is 98.7 Å². The van der Waals surface area contributed by atoms with E-state index in [0.29, 0.717) is 5.56 Å². The van der Waals surface area contributed by atoms with Crippen LogP contribution in [0, 0.1) is 11.3 Å². The van der Waals surface area contributed by atoms with Crippen molar-refractivity contribution in [2.75, 3.05) is 19.0 Å². The molecule has 0 aliphatic heterocycles. The van der Waals surface area contributed by atoms with Gasteiger partial charge in [-0.25, -0.2) is 0 Å². The van der Waals surface area contributed by atoms with E-state index < -0.39 is 0 Å². The number of nitriles is 1. The molecule has 1 aromatic carbocycles. The number of benzene rings is 1. The van der Waals surface area contributed by atoms with Crippen molar-refractivity contribution < 1.29 is 0 Å². The first-order valence-electron chi connectivity index (χ1n) is 4.86. The van der Waals surface area contributed by atoms with Crippen molar-refractivity contribution in [3.63, 3.8) is 0 Å². The normalized spacial score (nSPS) is 9.81. The molecule has 2 aromatic rings. The Hall–Kier alpha value is -1.86. The quantitative estimate of drug-likeness (QED) is 0.795. The molecule has 0 spiro atoms. The van der Waals surface area contributed by atoms with Gasteiger partial charge in [0.05, 0.1) is 4.88 Å². The molecule has 0 bridgehead atoms. The Morgan fingerprint density at radius 2 is 1.94 bits per heavy atom. The van der Waals surface area contributed by atoms with E-state index in [-0.39, 0.29) is 0 Å². The lowest BCUT2D eigenvalue weighted by molar-refractivity contribution is 1.10. The van der Waals surface area contributed by atoms with Crippen molar-refractivity contribution in [2.45, 2.75) is 0 Å². The third kappa shape index (κ3) is 1.77. The van der Waals surface area contributed by atoms with Crippen molar-refractivity contribution >= 4 is 17.4 Å². The molecule has 4 heteroatoms. The lowest BCUT2D eigenvalue weighted by Crippen LogP contribution is -2.10. The molecular formula is C12H11N3S. The molecule has 2 rings (SSSR count). The van der Waals surface area contributed by atoms with Crippen LogP contribution in [0.25, 0.3) is 10.4 Å². The van der Waals surface area contributed by atoms with Gasteiger partial charge in [0, 0.05) is 14.1 Å². The average Bonchev–Trinajstić information content (AvgIpc) is 2.73. The van der Waals surface area contributed by atoms with Gasteiger partial charge < -0.3 is 4.90 Å². The maximum Gasteiger partial charge on any atom is 0.160 e. The van der Waals surface area contributed by atoms with Gasteiger partial charge in [0.1, 0.15) is 11.6 Å². The Morgan fingerprint density at radius 1 is 1.25 bits per heavy atom. The fourth-order valence-electron chi connectivity index (χ4n) is 1.47. The molecule has 0 unspecified atom stereocenters. The number of rotatable bonds is 2. The van der Waals surface area contributed by atoms with Crippen molar-refractivity contribution in [1.82, 2.24) is 4.37 Å². The summed E-state index contributed by atoms with van der Waals surface area (Å²) in [5.41, 5.74) is 1.70.